The minimum atomic E-state index is -0.0788. The second kappa shape index (κ2) is 11.9. The highest BCUT2D eigenvalue weighted by Gasteiger charge is 2.14. The Morgan fingerprint density at radius 2 is 1.70 bits per heavy atom. The fourth-order valence-electron chi connectivity index (χ4n) is 2.67. The van der Waals surface area contributed by atoms with Crippen molar-refractivity contribution in [1.82, 2.24) is 15.1 Å². The lowest BCUT2D eigenvalue weighted by atomic mass is 10.1. The lowest BCUT2D eigenvalue weighted by molar-refractivity contribution is -0.131. The summed E-state index contributed by atoms with van der Waals surface area (Å²) in [6.07, 6.45) is 0.785. The molecule has 0 bridgehead atoms. The second-order valence-electron chi connectivity index (χ2n) is 6.29. The van der Waals surface area contributed by atoms with E-state index in [1.54, 1.807) is 0 Å². The first kappa shape index (κ1) is 22.5. The normalized spacial score (nSPS) is 11.1. The minimum Gasteiger partial charge on any atom is -0.357 e. The van der Waals surface area contributed by atoms with Gasteiger partial charge in [0.1, 0.15) is 0 Å². The Morgan fingerprint density at radius 1 is 1.07 bits per heavy atom. The molecule has 150 valence electrons. The largest absolute Gasteiger partial charge is 0.357 e. The summed E-state index contributed by atoms with van der Waals surface area (Å²) < 4.78 is 0. The molecular formula is C20H33N5O2. The van der Waals surface area contributed by atoms with Crippen LogP contribution in [0.4, 0.5) is 5.69 Å². The van der Waals surface area contributed by atoms with Gasteiger partial charge in [-0.25, -0.2) is 0 Å². The third-order valence-corrected chi connectivity index (χ3v) is 4.12. The number of benzene rings is 1. The van der Waals surface area contributed by atoms with Crippen molar-refractivity contribution in [2.24, 2.45) is 4.99 Å². The molecule has 0 aliphatic heterocycles. The predicted octanol–water partition coefficient (Wildman–Crippen LogP) is 1.95. The third kappa shape index (κ3) is 8.11. The van der Waals surface area contributed by atoms with E-state index in [0.717, 1.165) is 30.2 Å². The molecule has 1 rings (SSSR count). The van der Waals surface area contributed by atoms with E-state index in [4.69, 9.17) is 0 Å². The van der Waals surface area contributed by atoms with E-state index in [1.165, 1.54) is 6.92 Å². The van der Waals surface area contributed by atoms with E-state index in [9.17, 15) is 9.59 Å². The monoisotopic (exact) mass is 375 g/mol. The van der Waals surface area contributed by atoms with Gasteiger partial charge in [-0.1, -0.05) is 12.1 Å². The number of likely N-dealkylation sites (N-methyl/N-ethyl adjacent to an activating group) is 2. The number of hydrogen-bond donors (Lipinski definition) is 2. The minimum absolute atomic E-state index is 0.0788. The number of nitrogens with one attached hydrogen (secondary N) is 2. The summed E-state index contributed by atoms with van der Waals surface area (Å²) >= 11 is 0. The van der Waals surface area contributed by atoms with Crippen molar-refractivity contribution >= 4 is 23.5 Å². The molecule has 0 aromatic heterocycles. The maximum Gasteiger partial charge on any atom is 0.242 e. The predicted molar refractivity (Wildman–Crippen MR) is 111 cm³/mol. The van der Waals surface area contributed by atoms with Crippen LogP contribution >= 0.6 is 0 Å². The number of amides is 2. The number of carbonyl (C=O) groups excluding carboxylic acids is 2. The average Bonchev–Trinajstić information content (AvgIpc) is 2.63. The number of hydrogen-bond acceptors (Lipinski definition) is 3. The van der Waals surface area contributed by atoms with Gasteiger partial charge >= 0.3 is 0 Å². The van der Waals surface area contributed by atoms with Gasteiger partial charge in [0.25, 0.3) is 0 Å². The standard InChI is InChI=1S/C20H33N5O2/c1-6-21-20(24(5)15-19(27)25(7-2)8-3)22-14-13-17-9-11-18(12-10-17)23-16(4)26/h9-12H,6-8,13-15H2,1-5H3,(H,21,22)(H,23,26). The van der Waals surface area contributed by atoms with Crippen LogP contribution in [-0.4, -0.2) is 67.3 Å². The molecule has 27 heavy (non-hydrogen) atoms. The average molecular weight is 376 g/mol. The lowest BCUT2D eigenvalue weighted by Gasteiger charge is -2.25. The molecule has 1 aromatic rings. The van der Waals surface area contributed by atoms with Crippen LogP contribution in [0.1, 0.15) is 33.3 Å². The molecule has 0 aliphatic rings. The van der Waals surface area contributed by atoms with Crippen molar-refractivity contribution in [2.75, 3.05) is 45.1 Å². The van der Waals surface area contributed by atoms with Crippen molar-refractivity contribution in [2.45, 2.75) is 34.1 Å². The van der Waals surface area contributed by atoms with Gasteiger partial charge in [-0.2, -0.15) is 0 Å². The van der Waals surface area contributed by atoms with Crippen molar-refractivity contribution in [3.63, 3.8) is 0 Å². The van der Waals surface area contributed by atoms with Gasteiger partial charge in [-0.15, -0.1) is 0 Å². The van der Waals surface area contributed by atoms with Gasteiger partial charge in [-0.05, 0) is 44.9 Å². The molecule has 0 spiro atoms. The molecule has 2 amide bonds. The maximum absolute atomic E-state index is 12.3. The van der Waals surface area contributed by atoms with Crippen molar-refractivity contribution < 1.29 is 9.59 Å². The molecule has 1 aromatic carbocycles. The highest BCUT2D eigenvalue weighted by molar-refractivity contribution is 5.88. The zero-order chi connectivity index (χ0) is 20.2. The Morgan fingerprint density at radius 3 is 2.22 bits per heavy atom. The van der Waals surface area contributed by atoms with Gasteiger partial charge in [-0.3, -0.25) is 14.6 Å². The van der Waals surface area contributed by atoms with Gasteiger partial charge in [0, 0.05) is 45.8 Å². The zero-order valence-electron chi connectivity index (χ0n) is 17.2. The molecule has 7 nitrogen and oxygen atoms in total. The van der Waals surface area contributed by atoms with Gasteiger partial charge in [0.2, 0.25) is 11.8 Å². The van der Waals surface area contributed by atoms with E-state index in [0.29, 0.717) is 26.2 Å². The third-order valence-electron chi connectivity index (χ3n) is 4.12. The maximum atomic E-state index is 12.3. The number of nitrogens with zero attached hydrogens (tertiary/aromatic N) is 3. The summed E-state index contributed by atoms with van der Waals surface area (Å²) in [5.41, 5.74) is 1.93. The Balaban J connectivity index is 2.64. The van der Waals surface area contributed by atoms with E-state index >= 15 is 0 Å². The molecule has 0 atom stereocenters. The molecule has 2 N–H and O–H groups in total. The highest BCUT2D eigenvalue weighted by Crippen LogP contribution is 2.10. The molecule has 0 aliphatic carbocycles. The lowest BCUT2D eigenvalue weighted by Crippen LogP contribution is -2.45. The molecule has 0 unspecified atom stereocenters. The van der Waals surface area contributed by atoms with Crippen LogP contribution in [0.5, 0.6) is 0 Å². The number of aliphatic imine (C=N–C) groups is 1. The fraction of sp³-hybridized carbons (Fsp3) is 0.550. The fourth-order valence-corrected chi connectivity index (χ4v) is 2.67. The Labute approximate surface area is 162 Å². The molecule has 0 radical (unpaired) electrons. The van der Waals surface area contributed by atoms with Crippen LogP contribution in [0, 0.1) is 0 Å². The molecule has 7 heteroatoms. The van der Waals surface area contributed by atoms with E-state index in [1.807, 2.05) is 61.9 Å². The quantitative estimate of drug-likeness (QED) is 0.511. The number of carbonyl (C=O) groups is 2. The van der Waals surface area contributed by atoms with E-state index < -0.39 is 0 Å². The first-order valence-corrected chi connectivity index (χ1v) is 9.54. The van der Waals surface area contributed by atoms with Crippen LogP contribution in [0.3, 0.4) is 0 Å². The number of guanidine groups is 1. The number of rotatable bonds is 9. The smallest absolute Gasteiger partial charge is 0.242 e. The zero-order valence-corrected chi connectivity index (χ0v) is 17.2. The molecule has 0 saturated carbocycles. The van der Waals surface area contributed by atoms with Crippen LogP contribution in [0.2, 0.25) is 0 Å². The summed E-state index contributed by atoms with van der Waals surface area (Å²) in [4.78, 5) is 31.7. The molecule has 0 heterocycles. The first-order chi connectivity index (χ1) is 12.9. The van der Waals surface area contributed by atoms with Crippen molar-refractivity contribution in [3.8, 4) is 0 Å². The highest BCUT2D eigenvalue weighted by atomic mass is 16.2. The molecule has 0 saturated heterocycles. The van der Waals surface area contributed by atoms with Crippen LogP contribution < -0.4 is 10.6 Å². The van der Waals surface area contributed by atoms with Crippen LogP contribution in [0.15, 0.2) is 29.3 Å². The summed E-state index contributed by atoms with van der Waals surface area (Å²) in [5, 5.41) is 5.99. The second-order valence-corrected chi connectivity index (χ2v) is 6.29. The number of anilines is 1. The molecule has 0 fully saturated rings. The van der Waals surface area contributed by atoms with Gasteiger partial charge < -0.3 is 20.4 Å². The first-order valence-electron chi connectivity index (χ1n) is 9.54. The van der Waals surface area contributed by atoms with Crippen LogP contribution in [-0.2, 0) is 16.0 Å². The van der Waals surface area contributed by atoms with E-state index in [-0.39, 0.29) is 11.8 Å². The van der Waals surface area contributed by atoms with Crippen molar-refractivity contribution in [1.29, 1.82) is 0 Å². The summed E-state index contributed by atoms with van der Waals surface area (Å²) in [6, 6.07) is 7.75. The Bertz CT molecular complexity index is 624. The van der Waals surface area contributed by atoms with Gasteiger partial charge in [0.05, 0.1) is 6.54 Å². The molecular weight excluding hydrogens is 342 g/mol. The topological polar surface area (TPSA) is 77.0 Å². The summed E-state index contributed by atoms with van der Waals surface area (Å²) in [5.74, 6) is 0.750. The summed E-state index contributed by atoms with van der Waals surface area (Å²) in [7, 11) is 1.88. The Hall–Kier alpha value is -2.57. The van der Waals surface area contributed by atoms with Gasteiger partial charge in [0.15, 0.2) is 5.96 Å². The van der Waals surface area contributed by atoms with E-state index in [2.05, 4.69) is 15.6 Å². The van der Waals surface area contributed by atoms with Crippen LogP contribution in [0.25, 0.3) is 0 Å². The SMILES string of the molecule is CCNC(=NCCc1ccc(NC(C)=O)cc1)N(C)CC(=O)N(CC)CC. The van der Waals surface area contributed by atoms with Crippen molar-refractivity contribution in [3.05, 3.63) is 29.8 Å². The summed E-state index contributed by atoms with van der Waals surface area (Å²) in [6.45, 7) is 10.6. The Kier molecular flexibility index (Phi) is 9.93.